The van der Waals surface area contributed by atoms with E-state index in [4.69, 9.17) is 9.26 Å². The molecule has 114 valence electrons. The molecule has 1 saturated carbocycles. The molecule has 0 spiro atoms. The summed E-state index contributed by atoms with van der Waals surface area (Å²) in [7, 11) is 0. The molecule has 1 saturated heterocycles. The van der Waals surface area contributed by atoms with E-state index in [1.54, 1.807) is 23.2 Å². The summed E-state index contributed by atoms with van der Waals surface area (Å²) in [6, 6.07) is 3.49. The summed E-state index contributed by atoms with van der Waals surface area (Å²) >= 11 is 0. The van der Waals surface area contributed by atoms with Crippen molar-refractivity contribution in [3.05, 3.63) is 36.1 Å². The summed E-state index contributed by atoms with van der Waals surface area (Å²) in [6.45, 7) is 1.19. The number of likely N-dealkylation sites (tertiary alicyclic amines) is 1. The van der Waals surface area contributed by atoms with Crippen LogP contribution in [0.25, 0.3) is 0 Å². The molecule has 0 unspecified atom stereocenters. The lowest BCUT2D eigenvalue weighted by Crippen LogP contribution is -2.31. The predicted molar refractivity (Wildman–Crippen MR) is 75.4 cm³/mol. The Hall–Kier alpha value is -2.44. The van der Waals surface area contributed by atoms with E-state index in [-0.39, 0.29) is 12.0 Å². The molecule has 7 heteroatoms. The van der Waals surface area contributed by atoms with Gasteiger partial charge in [0.1, 0.15) is 18.2 Å². The van der Waals surface area contributed by atoms with Crippen molar-refractivity contribution in [3.63, 3.8) is 0 Å². The van der Waals surface area contributed by atoms with E-state index in [2.05, 4.69) is 15.1 Å². The first-order valence-electron chi connectivity index (χ1n) is 7.48. The Labute approximate surface area is 127 Å². The summed E-state index contributed by atoms with van der Waals surface area (Å²) in [4.78, 5) is 22.1. The van der Waals surface area contributed by atoms with E-state index in [1.807, 2.05) is 0 Å². The van der Waals surface area contributed by atoms with Gasteiger partial charge in [-0.2, -0.15) is 0 Å². The van der Waals surface area contributed by atoms with Gasteiger partial charge in [0.15, 0.2) is 5.69 Å². The van der Waals surface area contributed by atoms with Gasteiger partial charge in [-0.15, -0.1) is 0 Å². The van der Waals surface area contributed by atoms with Gasteiger partial charge >= 0.3 is 0 Å². The van der Waals surface area contributed by atoms with Crippen LogP contribution in [0.1, 0.15) is 41.4 Å². The van der Waals surface area contributed by atoms with E-state index < -0.39 is 0 Å². The van der Waals surface area contributed by atoms with Gasteiger partial charge in [0, 0.05) is 37.2 Å². The zero-order chi connectivity index (χ0) is 14.9. The number of amides is 1. The van der Waals surface area contributed by atoms with Gasteiger partial charge in [0.2, 0.25) is 5.88 Å². The first kappa shape index (κ1) is 13.2. The number of aromatic nitrogens is 3. The minimum atomic E-state index is -0.0931. The Bertz CT molecular complexity index is 668. The number of nitrogens with zero attached hydrogens (tertiary/aromatic N) is 4. The first-order chi connectivity index (χ1) is 10.8. The highest BCUT2D eigenvalue weighted by Gasteiger charge is 2.32. The second kappa shape index (κ2) is 5.40. The van der Waals surface area contributed by atoms with Crippen molar-refractivity contribution in [2.75, 3.05) is 13.1 Å². The van der Waals surface area contributed by atoms with Gasteiger partial charge in [-0.25, -0.2) is 9.97 Å². The fourth-order valence-corrected chi connectivity index (χ4v) is 2.64. The van der Waals surface area contributed by atoms with Crippen molar-refractivity contribution >= 4 is 5.91 Å². The lowest BCUT2D eigenvalue weighted by molar-refractivity contribution is 0.0761. The third kappa shape index (κ3) is 2.66. The second-order valence-electron chi connectivity index (χ2n) is 5.72. The zero-order valence-electron chi connectivity index (χ0n) is 12.0. The smallest absolute Gasteiger partial charge is 0.276 e. The van der Waals surface area contributed by atoms with Gasteiger partial charge in [0.25, 0.3) is 5.91 Å². The van der Waals surface area contributed by atoms with Gasteiger partial charge in [-0.05, 0) is 12.8 Å². The third-order valence-electron chi connectivity index (χ3n) is 4.00. The molecule has 7 nitrogen and oxygen atoms in total. The lowest BCUT2D eigenvalue weighted by atomic mass is 10.2. The standard InChI is InChI=1S/C15H16N4O3/c20-15(12-7-13(22-18-12)10-1-2-10)19-6-4-11(8-19)21-14-3-5-16-9-17-14/h3,5,7,9-11H,1-2,4,6,8H2/t11-/m1/s1. The number of hydrogen-bond acceptors (Lipinski definition) is 6. The zero-order valence-corrected chi connectivity index (χ0v) is 12.0. The Kier molecular flexibility index (Phi) is 3.25. The van der Waals surface area contributed by atoms with Crippen LogP contribution in [0.2, 0.25) is 0 Å². The van der Waals surface area contributed by atoms with Gasteiger partial charge in [-0.3, -0.25) is 4.79 Å². The molecule has 0 radical (unpaired) electrons. The maximum Gasteiger partial charge on any atom is 0.276 e. The average molecular weight is 300 g/mol. The maximum absolute atomic E-state index is 12.4. The molecule has 1 aliphatic carbocycles. The number of carbonyl (C=O) groups is 1. The molecule has 2 aromatic heterocycles. The SMILES string of the molecule is O=C(c1cc(C2CC2)on1)N1CC[C@@H](Oc2ccncn2)C1. The summed E-state index contributed by atoms with van der Waals surface area (Å²) in [5.41, 5.74) is 0.393. The van der Waals surface area contributed by atoms with Gasteiger partial charge < -0.3 is 14.2 Å². The summed E-state index contributed by atoms with van der Waals surface area (Å²) in [6.07, 6.45) is 6.07. The summed E-state index contributed by atoms with van der Waals surface area (Å²) < 4.78 is 11.0. The summed E-state index contributed by atoms with van der Waals surface area (Å²) in [5.74, 6) is 1.73. The number of carbonyl (C=O) groups excluding carboxylic acids is 1. The van der Waals surface area contributed by atoms with Gasteiger partial charge in [-0.1, -0.05) is 5.16 Å². The van der Waals surface area contributed by atoms with Gasteiger partial charge in [0.05, 0.1) is 6.54 Å². The number of rotatable bonds is 4. The highest BCUT2D eigenvalue weighted by Crippen LogP contribution is 2.40. The van der Waals surface area contributed by atoms with Crippen molar-refractivity contribution in [2.45, 2.75) is 31.3 Å². The van der Waals surface area contributed by atoms with Crippen LogP contribution in [0.4, 0.5) is 0 Å². The third-order valence-corrected chi connectivity index (χ3v) is 4.00. The topological polar surface area (TPSA) is 81.4 Å². The lowest BCUT2D eigenvalue weighted by Gasteiger charge is -2.15. The van der Waals surface area contributed by atoms with E-state index >= 15 is 0 Å². The van der Waals surface area contributed by atoms with E-state index in [1.165, 1.54) is 6.33 Å². The minimum absolute atomic E-state index is 0.0475. The molecule has 1 atom stereocenters. The van der Waals surface area contributed by atoms with Crippen LogP contribution in [0.15, 0.2) is 29.2 Å². The van der Waals surface area contributed by atoms with Crippen molar-refractivity contribution in [2.24, 2.45) is 0 Å². The monoisotopic (exact) mass is 300 g/mol. The Morgan fingerprint density at radius 1 is 1.36 bits per heavy atom. The molecule has 0 bridgehead atoms. The number of ether oxygens (including phenoxy) is 1. The van der Waals surface area contributed by atoms with Crippen molar-refractivity contribution in [1.29, 1.82) is 0 Å². The van der Waals surface area contributed by atoms with E-state index in [0.29, 0.717) is 30.6 Å². The molecular formula is C15H16N4O3. The molecule has 22 heavy (non-hydrogen) atoms. The molecule has 0 N–H and O–H groups in total. The fraction of sp³-hybridized carbons (Fsp3) is 0.467. The van der Waals surface area contributed by atoms with E-state index in [0.717, 1.165) is 25.0 Å². The Morgan fingerprint density at radius 2 is 2.27 bits per heavy atom. The molecule has 1 aliphatic heterocycles. The normalized spacial score (nSPS) is 21.1. The molecule has 3 heterocycles. The Balaban J connectivity index is 1.38. The fourth-order valence-electron chi connectivity index (χ4n) is 2.64. The van der Waals surface area contributed by atoms with Crippen LogP contribution in [0.3, 0.4) is 0 Å². The second-order valence-corrected chi connectivity index (χ2v) is 5.72. The van der Waals surface area contributed by atoms with Crippen LogP contribution in [-0.4, -0.2) is 45.1 Å². The molecule has 4 rings (SSSR count). The van der Waals surface area contributed by atoms with Crippen LogP contribution in [-0.2, 0) is 0 Å². The maximum atomic E-state index is 12.4. The predicted octanol–water partition coefficient (Wildman–Crippen LogP) is 1.64. The molecule has 1 amide bonds. The first-order valence-corrected chi connectivity index (χ1v) is 7.48. The molecule has 2 aliphatic rings. The Morgan fingerprint density at radius 3 is 3.05 bits per heavy atom. The van der Waals surface area contributed by atoms with Crippen molar-refractivity contribution in [1.82, 2.24) is 20.0 Å². The average Bonchev–Trinajstić information content (AvgIpc) is 3.10. The quantitative estimate of drug-likeness (QED) is 0.853. The largest absolute Gasteiger partial charge is 0.472 e. The highest BCUT2D eigenvalue weighted by molar-refractivity contribution is 5.92. The minimum Gasteiger partial charge on any atom is -0.472 e. The van der Waals surface area contributed by atoms with Crippen LogP contribution >= 0.6 is 0 Å². The van der Waals surface area contributed by atoms with Crippen molar-refractivity contribution in [3.8, 4) is 5.88 Å². The molecule has 2 fully saturated rings. The van der Waals surface area contributed by atoms with Crippen LogP contribution in [0.5, 0.6) is 5.88 Å². The highest BCUT2D eigenvalue weighted by atomic mass is 16.5. The van der Waals surface area contributed by atoms with Crippen LogP contribution in [0, 0.1) is 0 Å². The molecular weight excluding hydrogens is 284 g/mol. The van der Waals surface area contributed by atoms with E-state index in [9.17, 15) is 4.79 Å². The van der Waals surface area contributed by atoms with Crippen LogP contribution < -0.4 is 4.74 Å². The summed E-state index contributed by atoms with van der Waals surface area (Å²) in [5, 5.41) is 3.90. The molecule has 0 aromatic carbocycles. The van der Waals surface area contributed by atoms with Crippen molar-refractivity contribution < 1.29 is 14.1 Å². The number of hydrogen-bond donors (Lipinski definition) is 0. The molecule has 2 aromatic rings.